The summed E-state index contributed by atoms with van der Waals surface area (Å²) >= 11 is 0. The van der Waals surface area contributed by atoms with Gasteiger partial charge >= 0.3 is 0 Å². The number of nitrogens with one attached hydrogen (secondary N) is 1. The minimum atomic E-state index is -0.492. The molecule has 90 valence electrons. The number of nitriles is 1. The topological polar surface area (TPSA) is 88.1 Å². The summed E-state index contributed by atoms with van der Waals surface area (Å²) in [6.45, 7) is 0. The number of amides is 1. The molecule has 1 aromatic heterocycles. The normalized spacial score (nSPS) is 9.56. The molecule has 2 aromatic rings. The van der Waals surface area contributed by atoms with Crippen LogP contribution in [0.25, 0.3) is 0 Å². The summed E-state index contributed by atoms with van der Waals surface area (Å²) in [6.07, 6.45) is 0. The third-order valence-electron chi connectivity index (χ3n) is 2.22. The van der Waals surface area contributed by atoms with Crippen LogP contribution in [0, 0.1) is 11.3 Å². The lowest BCUT2D eigenvalue weighted by atomic mass is 10.2. The molecule has 1 amide bonds. The van der Waals surface area contributed by atoms with Crippen LogP contribution in [-0.2, 0) is 0 Å². The first-order valence-electron chi connectivity index (χ1n) is 5.06. The van der Waals surface area contributed by atoms with Gasteiger partial charge in [0.2, 0.25) is 5.76 Å². The molecule has 18 heavy (non-hydrogen) atoms. The van der Waals surface area contributed by atoms with Gasteiger partial charge in [0.05, 0.1) is 24.4 Å². The Morgan fingerprint density at radius 2 is 2.28 bits per heavy atom. The summed E-state index contributed by atoms with van der Waals surface area (Å²) in [4.78, 5) is 11.8. The van der Waals surface area contributed by atoms with E-state index in [0.717, 1.165) is 0 Å². The molecule has 1 aromatic carbocycles. The molecule has 0 aliphatic rings. The average molecular weight is 243 g/mol. The molecule has 2 rings (SSSR count). The number of carbonyl (C=O) groups excluding carboxylic acids is 1. The largest absolute Gasteiger partial charge is 0.479 e. The summed E-state index contributed by atoms with van der Waals surface area (Å²) in [6, 6.07) is 10.0. The summed E-state index contributed by atoms with van der Waals surface area (Å²) in [7, 11) is 1.42. The van der Waals surface area contributed by atoms with Gasteiger partial charge in [-0.2, -0.15) is 5.26 Å². The lowest BCUT2D eigenvalue weighted by molar-refractivity contribution is 0.0987. The van der Waals surface area contributed by atoms with Crippen molar-refractivity contribution in [2.24, 2.45) is 0 Å². The van der Waals surface area contributed by atoms with E-state index >= 15 is 0 Å². The second kappa shape index (κ2) is 5.01. The first-order valence-corrected chi connectivity index (χ1v) is 5.06. The molecule has 0 saturated heterocycles. The van der Waals surface area contributed by atoms with E-state index in [1.807, 2.05) is 6.07 Å². The Morgan fingerprint density at radius 1 is 1.50 bits per heavy atom. The van der Waals surface area contributed by atoms with Crippen molar-refractivity contribution in [1.82, 2.24) is 5.16 Å². The van der Waals surface area contributed by atoms with Crippen molar-refractivity contribution in [1.29, 1.82) is 5.26 Å². The highest BCUT2D eigenvalue weighted by molar-refractivity contribution is 6.03. The van der Waals surface area contributed by atoms with Crippen LogP contribution >= 0.6 is 0 Å². The Labute approximate surface area is 103 Å². The molecule has 0 saturated carbocycles. The molecular formula is C12H9N3O3. The van der Waals surface area contributed by atoms with Gasteiger partial charge in [0.15, 0.2) is 0 Å². The summed E-state index contributed by atoms with van der Waals surface area (Å²) in [5.74, 6) is -0.262. The van der Waals surface area contributed by atoms with E-state index in [2.05, 4.69) is 10.5 Å². The van der Waals surface area contributed by atoms with E-state index in [1.165, 1.54) is 13.2 Å². The number of anilines is 1. The van der Waals surface area contributed by atoms with E-state index in [-0.39, 0.29) is 11.6 Å². The van der Waals surface area contributed by atoms with E-state index < -0.39 is 5.91 Å². The zero-order valence-corrected chi connectivity index (χ0v) is 9.51. The maximum atomic E-state index is 11.8. The third kappa shape index (κ3) is 2.30. The molecule has 0 spiro atoms. The Bertz CT molecular complexity index is 613. The van der Waals surface area contributed by atoms with Gasteiger partial charge in [-0.25, -0.2) is 0 Å². The second-order valence-corrected chi connectivity index (χ2v) is 3.35. The van der Waals surface area contributed by atoms with E-state index in [1.54, 1.807) is 24.3 Å². The number of carbonyl (C=O) groups is 1. The van der Waals surface area contributed by atoms with Crippen LogP contribution < -0.4 is 10.1 Å². The van der Waals surface area contributed by atoms with Crippen molar-refractivity contribution in [2.75, 3.05) is 12.4 Å². The Hall–Kier alpha value is -2.81. The van der Waals surface area contributed by atoms with Crippen molar-refractivity contribution < 1.29 is 14.1 Å². The molecule has 1 N–H and O–H groups in total. The van der Waals surface area contributed by atoms with Crippen LogP contribution in [0.15, 0.2) is 34.9 Å². The number of aromatic nitrogens is 1. The molecule has 0 aliphatic heterocycles. The van der Waals surface area contributed by atoms with Crippen molar-refractivity contribution in [3.05, 3.63) is 41.7 Å². The van der Waals surface area contributed by atoms with Crippen LogP contribution in [-0.4, -0.2) is 18.2 Å². The number of hydrogen-bond acceptors (Lipinski definition) is 5. The summed E-state index contributed by atoms with van der Waals surface area (Å²) in [5.41, 5.74) is 0.790. The van der Waals surface area contributed by atoms with Crippen LogP contribution in [0.1, 0.15) is 16.1 Å². The standard InChI is InChI=1S/C12H9N3O3/c1-17-11-6-10(18-15-11)12(16)14-9-5-3-2-4-8(9)7-13/h2-6H,1H3,(H,14,16). The number of rotatable bonds is 3. The molecule has 0 fully saturated rings. The maximum Gasteiger partial charge on any atom is 0.294 e. The van der Waals surface area contributed by atoms with Gasteiger partial charge in [0, 0.05) is 0 Å². The lowest BCUT2D eigenvalue weighted by Crippen LogP contribution is -2.11. The number of hydrogen-bond donors (Lipinski definition) is 1. The van der Waals surface area contributed by atoms with Crippen LogP contribution in [0.4, 0.5) is 5.69 Å². The van der Waals surface area contributed by atoms with Gasteiger partial charge in [0.25, 0.3) is 11.8 Å². The fourth-order valence-electron chi connectivity index (χ4n) is 1.34. The highest BCUT2D eigenvalue weighted by Gasteiger charge is 2.14. The quantitative estimate of drug-likeness (QED) is 0.888. The zero-order chi connectivity index (χ0) is 13.0. The summed E-state index contributed by atoms with van der Waals surface area (Å²) < 4.78 is 9.60. The van der Waals surface area contributed by atoms with E-state index in [0.29, 0.717) is 11.3 Å². The average Bonchev–Trinajstić information content (AvgIpc) is 2.88. The highest BCUT2D eigenvalue weighted by Crippen LogP contribution is 2.16. The van der Waals surface area contributed by atoms with Crippen molar-refractivity contribution in [2.45, 2.75) is 0 Å². The summed E-state index contributed by atoms with van der Waals surface area (Å²) in [5, 5.41) is 15.0. The van der Waals surface area contributed by atoms with Gasteiger partial charge in [-0.05, 0) is 17.3 Å². The minimum absolute atomic E-state index is 0.0135. The van der Waals surface area contributed by atoms with E-state index in [9.17, 15) is 4.79 Å². The Morgan fingerprint density at radius 3 is 2.94 bits per heavy atom. The second-order valence-electron chi connectivity index (χ2n) is 3.35. The Kier molecular flexibility index (Phi) is 3.25. The number of ether oxygens (including phenoxy) is 1. The number of benzene rings is 1. The van der Waals surface area contributed by atoms with Crippen LogP contribution in [0.2, 0.25) is 0 Å². The van der Waals surface area contributed by atoms with E-state index in [4.69, 9.17) is 14.5 Å². The molecule has 0 unspecified atom stereocenters. The fourth-order valence-corrected chi connectivity index (χ4v) is 1.34. The smallest absolute Gasteiger partial charge is 0.294 e. The first-order chi connectivity index (χ1) is 8.74. The van der Waals surface area contributed by atoms with Gasteiger partial charge in [-0.1, -0.05) is 12.1 Å². The van der Waals surface area contributed by atoms with Crippen LogP contribution in [0.5, 0.6) is 5.88 Å². The van der Waals surface area contributed by atoms with Crippen molar-refractivity contribution in [3.8, 4) is 11.9 Å². The molecule has 0 radical (unpaired) electrons. The maximum absolute atomic E-state index is 11.8. The van der Waals surface area contributed by atoms with Crippen molar-refractivity contribution >= 4 is 11.6 Å². The zero-order valence-electron chi connectivity index (χ0n) is 9.51. The SMILES string of the molecule is COc1cc(C(=O)Nc2ccccc2C#N)on1. The van der Waals surface area contributed by atoms with Gasteiger partial charge in [0.1, 0.15) is 6.07 Å². The molecule has 1 heterocycles. The molecule has 6 nitrogen and oxygen atoms in total. The van der Waals surface area contributed by atoms with Gasteiger partial charge < -0.3 is 14.6 Å². The predicted octanol–water partition coefficient (Wildman–Crippen LogP) is 1.81. The minimum Gasteiger partial charge on any atom is -0.479 e. The molecule has 0 atom stereocenters. The molecule has 0 aliphatic carbocycles. The fraction of sp³-hybridized carbons (Fsp3) is 0.0833. The predicted molar refractivity (Wildman–Crippen MR) is 62.2 cm³/mol. The number of para-hydroxylation sites is 1. The van der Waals surface area contributed by atoms with Crippen LogP contribution in [0.3, 0.4) is 0 Å². The Balaban J connectivity index is 2.19. The molecule has 6 heteroatoms. The first kappa shape index (κ1) is 11.7. The number of methoxy groups -OCH3 is 1. The lowest BCUT2D eigenvalue weighted by Gasteiger charge is -2.03. The highest BCUT2D eigenvalue weighted by atomic mass is 16.5. The molecular weight excluding hydrogens is 234 g/mol. The van der Waals surface area contributed by atoms with Gasteiger partial charge in [-0.15, -0.1) is 0 Å². The molecule has 0 bridgehead atoms. The monoisotopic (exact) mass is 243 g/mol. The van der Waals surface area contributed by atoms with Crippen molar-refractivity contribution in [3.63, 3.8) is 0 Å². The van der Waals surface area contributed by atoms with Gasteiger partial charge in [-0.3, -0.25) is 4.79 Å². The third-order valence-corrected chi connectivity index (χ3v) is 2.22. The number of nitrogens with zero attached hydrogens (tertiary/aromatic N) is 2.